The average Bonchev–Trinajstić information content (AvgIpc) is 2.88. The lowest BCUT2D eigenvalue weighted by Gasteiger charge is -2.07. The number of rotatable bonds is 4. The summed E-state index contributed by atoms with van der Waals surface area (Å²) in [5, 5.41) is 14.3. The molecular formula is C9H16N4OS. The monoisotopic (exact) mass is 228 g/mol. The van der Waals surface area contributed by atoms with Crippen molar-refractivity contribution in [3.63, 3.8) is 0 Å². The Balaban J connectivity index is 1.94. The van der Waals surface area contributed by atoms with E-state index in [-0.39, 0.29) is 6.04 Å². The van der Waals surface area contributed by atoms with Crippen LogP contribution in [0.4, 0.5) is 6.01 Å². The van der Waals surface area contributed by atoms with Crippen molar-refractivity contribution >= 4 is 17.8 Å². The minimum Gasteiger partial charge on any atom is -0.406 e. The first-order valence-corrected chi connectivity index (χ1v) is 6.30. The molecule has 0 amide bonds. The van der Waals surface area contributed by atoms with E-state index in [2.05, 4.69) is 20.8 Å². The van der Waals surface area contributed by atoms with Gasteiger partial charge in [-0.05, 0) is 26.1 Å². The maximum atomic E-state index is 5.49. The van der Waals surface area contributed by atoms with Gasteiger partial charge in [-0.15, -0.1) is 5.10 Å². The van der Waals surface area contributed by atoms with Crippen molar-refractivity contribution in [3.8, 4) is 0 Å². The number of anilines is 1. The zero-order valence-electron chi connectivity index (χ0n) is 8.99. The van der Waals surface area contributed by atoms with Crippen molar-refractivity contribution in [2.24, 2.45) is 0 Å². The van der Waals surface area contributed by atoms with Gasteiger partial charge < -0.3 is 15.1 Å². The van der Waals surface area contributed by atoms with Crippen LogP contribution in [0.25, 0.3) is 0 Å². The van der Waals surface area contributed by atoms with Gasteiger partial charge in [0.05, 0.1) is 6.04 Å². The maximum absolute atomic E-state index is 5.49. The van der Waals surface area contributed by atoms with Gasteiger partial charge in [0.15, 0.2) is 0 Å². The molecule has 84 valence electrons. The van der Waals surface area contributed by atoms with Crippen LogP contribution in [0.2, 0.25) is 0 Å². The van der Waals surface area contributed by atoms with Gasteiger partial charge in [-0.2, -0.15) is 11.8 Å². The Kier molecular flexibility index (Phi) is 3.48. The third kappa shape index (κ3) is 2.63. The van der Waals surface area contributed by atoms with Crippen molar-refractivity contribution in [2.45, 2.75) is 25.4 Å². The Bertz CT molecular complexity index is 311. The van der Waals surface area contributed by atoms with Crippen LogP contribution in [0.1, 0.15) is 25.3 Å². The summed E-state index contributed by atoms with van der Waals surface area (Å²) in [7, 11) is 1.87. The molecule has 5 nitrogen and oxygen atoms in total. The molecule has 0 aliphatic carbocycles. The van der Waals surface area contributed by atoms with Crippen LogP contribution < -0.4 is 10.6 Å². The molecule has 1 fully saturated rings. The second-order valence-electron chi connectivity index (χ2n) is 3.66. The highest BCUT2D eigenvalue weighted by atomic mass is 32.2. The van der Waals surface area contributed by atoms with Gasteiger partial charge in [0.1, 0.15) is 0 Å². The minimum atomic E-state index is 0.103. The summed E-state index contributed by atoms with van der Waals surface area (Å²) < 4.78 is 5.49. The highest BCUT2D eigenvalue weighted by Gasteiger charge is 2.18. The molecular weight excluding hydrogens is 212 g/mol. The highest BCUT2D eigenvalue weighted by Crippen LogP contribution is 2.21. The van der Waals surface area contributed by atoms with Gasteiger partial charge in [-0.3, -0.25) is 0 Å². The standard InChI is InChI=1S/C9H16N4OS/c1-6(10-2)8-12-13-9(14-8)11-7-3-4-15-5-7/h6-7,10H,3-5H2,1-2H3,(H,11,13). The summed E-state index contributed by atoms with van der Waals surface area (Å²) in [6.07, 6.45) is 1.17. The largest absolute Gasteiger partial charge is 0.406 e. The molecule has 2 N–H and O–H groups in total. The van der Waals surface area contributed by atoms with Crippen molar-refractivity contribution in [3.05, 3.63) is 5.89 Å². The van der Waals surface area contributed by atoms with Crippen LogP contribution >= 0.6 is 11.8 Å². The van der Waals surface area contributed by atoms with E-state index in [1.807, 2.05) is 25.7 Å². The molecule has 0 radical (unpaired) electrons. The first-order chi connectivity index (χ1) is 7.29. The number of hydrogen-bond donors (Lipinski definition) is 2. The molecule has 1 saturated heterocycles. The van der Waals surface area contributed by atoms with Crippen LogP contribution in [-0.4, -0.2) is 34.8 Å². The van der Waals surface area contributed by atoms with E-state index in [1.165, 1.54) is 12.2 Å². The zero-order chi connectivity index (χ0) is 10.7. The fourth-order valence-corrected chi connectivity index (χ4v) is 2.57. The van der Waals surface area contributed by atoms with Crippen LogP contribution in [0.3, 0.4) is 0 Å². The van der Waals surface area contributed by atoms with E-state index in [0.717, 1.165) is 5.75 Å². The number of nitrogens with zero attached hydrogens (tertiary/aromatic N) is 2. The third-order valence-electron chi connectivity index (χ3n) is 2.50. The van der Waals surface area contributed by atoms with Gasteiger partial charge in [0, 0.05) is 11.8 Å². The van der Waals surface area contributed by atoms with Crippen LogP contribution in [0, 0.1) is 0 Å². The lowest BCUT2D eigenvalue weighted by molar-refractivity contribution is 0.439. The summed E-state index contributed by atoms with van der Waals surface area (Å²) in [5.74, 6) is 2.97. The van der Waals surface area contributed by atoms with Gasteiger partial charge >= 0.3 is 6.01 Å². The van der Waals surface area contributed by atoms with Crippen molar-refractivity contribution in [1.29, 1.82) is 0 Å². The average molecular weight is 228 g/mol. The second kappa shape index (κ2) is 4.85. The molecule has 0 aromatic carbocycles. The molecule has 1 aromatic heterocycles. The van der Waals surface area contributed by atoms with Crippen LogP contribution in [-0.2, 0) is 0 Å². The Morgan fingerprint density at radius 3 is 3.07 bits per heavy atom. The lowest BCUT2D eigenvalue weighted by Crippen LogP contribution is -2.18. The molecule has 1 aliphatic heterocycles. The minimum absolute atomic E-state index is 0.103. The maximum Gasteiger partial charge on any atom is 0.315 e. The van der Waals surface area contributed by atoms with Gasteiger partial charge in [0.2, 0.25) is 5.89 Å². The Hall–Kier alpha value is -0.750. The molecule has 15 heavy (non-hydrogen) atoms. The summed E-state index contributed by atoms with van der Waals surface area (Å²) in [5.41, 5.74) is 0. The predicted octanol–water partition coefficient (Wildman–Crippen LogP) is 1.27. The fourth-order valence-electron chi connectivity index (χ4n) is 1.41. The zero-order valence-corrected chi connectivity index (χ0v) is 9.80. The number of aromatic nitrogens is 2. The third-order valence-corrected chi connectivity index (χ3v) is 3.66. The van der Waals surface area contributed by atoms with Gasteiger partial charge in [-0.1, -0.05) is 5.10 Å². The Morgan fingerprint density at radius 2 is 2.40 bits per heavy atom. The van der Waals surface area contributed by atoms with Crippen molar-refractivity contribution in [1.82, 2.24) is 15.5 Å². The SMILES string of the molecule is CNC(C)c1nnc(NC2CCSC2)o1. The van der Waals surface area contributed by atoms with Gasteiger partial charge in [0.25, 0.3) is 0 Å². The topological polar surface area (TPSA) is 63.0 Å². The van der Waals surface area contributed by atoms with Crippen LogP contribution in [0.15, 0.2) is 4.42 Å². The van der Waals surface area contributed by atoms with E-state index in [0.29, 0.717) is 17.9 Å². The van der Waals surface area contributed by atoms with Gasteiger partial charge in [-0.25, -0.2) is 0 Å². The Labute approximate surface area is 93.4 Å². The molecule has 0 spiro atoms. The predicted molar refractivity (Wildman–Crippen MR) is 61.1 cm³/mol. The molecule has 1 aliphatic rings. The molecule has 2 rings (SSSR count). The van der Waals surface area contributed by atoms with E-state index >= 15 is 0 Å². The smallest absolute Gasteiger partial charge is 0.315 e. The molecule has 1 aromatic rings. The molecule has 6 heteroatoms. The lowest BCUT2D eigenvalue weighted by atomic mass is 10.3. The molecule has 0 saturated carbocycles. The van der Waals surface area contributed by atoms with Crippen molar-refractivity contribution in [2.75, 3.05) is 23.9 Å². The normalized spacial score (nSPS) is 22.9. The summed E-state index contributed by atoms with van der Waals surface area (Å²) in [6, 6.07) is 1.12. The number of thioether (sulfide) groups is 1. The van der Waals surface area contributed by atoms with E-state index in [1.54, 1.807) is 0 Å². The number of hydrogen-bond acceptors (Lipinski definition) is 6. The fraction of sp³-hybridized carbons (Fsp3) is 0.778. The number of nitrogens with one attached hydrogen (secondary N) is 2. The van der Waals surface area contributed by atoms with E-state index < -0.39 is 0 Å². The molecule has 2 atom stereocenters. The molecule has 0 bridgehead atoms. The summed E-state index contributed by atoms with van der Waals surface area (Å²) in [4.78, 5) is 0. The highest BCUT2D eigenvalue weighted by molar-refractivity contribution is 7.99. The first kappa shape index (κ1) is 10.8. The van der Waals surface area contributed by atoms with Crippen molar-refractivity contribution < 1.29 is 4.42 Å². The quantitative estimate of drug-likeness (QED) is 0.809. The Morgan fingerprint density at radius 1 is 1.53 bits per heavy atom. The summed E-state index contributed by atoms with van der Waals surface area (Å²) >= 11 is 1.95. The molecule has 2 heterocycles. The van der Waals surface area contributed by atoms with E-state index in [4.69, 9.17) is 4.42 Å². The van der Waals surface area contributed by atoms with E-state index in [9.17, 15) is 0 Å². The summed E-state index contributed by atoms with van der Waals surface area (Å²) in [6.45, 7) is 1.99. The van der Waals surface area contributed by atoms with Crippen LogP contribution in [0.5, 0.6) is 0 Å². The first-order valence-electron chi connectivity index (χ1n) is 5.14. The second-order valence-corrected chi connectivity index (χ2v) is 4.81. The molecule has 2 unspecified atom stereocenters.